The van der Waals surface area contributed by atoms with Crippen LogP contribution < -0.4 is 10.6 Å². The molecule has 2 aromatic heterocycles. The van der Waals surface area contributed by atoms with E-state index in [1.807, 2.05) is 0 Å². The summed E-state index contributed by atoms with van der Waals surface area (Å²) in [5.41, 5.74) is -0.803. The molecule has 1 aliphatic rings. The third-order valence-electron chi connectivity index (χ3n) is 3.18. The van der Waals surface area contributed by atoms with Gasteiger partial charge in [-0.05, 0) is 18.9 Å². The molecule has 2 amide bonds. The maximum absolute atomic E-state index is 12.8. The Hall–Kier alpha value is -2.03. The number of hydrogen-bond acceptors (Lipinski definition) is 3. The first-order valence-electron chi connectivity index (χ1n) is 6.49. The Labute approximate surface area is 127 Å². The molecule has 118 valence electrons. The molecule has 6 nitrogen and oxygen atoms in total. The summed E-state index contributed by atoms with van der Waals surface area (Å²) in [6.07, 6.45) is -1.80. The zero-order valence-electron chi connectivity index (χ0n) is 11.1. The minimum Gasteiger partial charge on any atom is -0.335 e. The highest BCUT2D eigenvalue weighted by molar-refractivity contribution is 6.33. The average molecular weight is 334 g/mol. The van der Waals surface area contributed by atoms with Crippen molar-refractivity contribution in [2.75, 3.05) is 0 Å². The summed E-state index contributed by atoms with van der Waals surface area (Å²) >= 11 is 5.80. The minimum absolute atomic E-state index is 0.0582. The largest absolute Gasteiger partial charge is 0.417 e. The van der Waals surface area contributed by atoms with Gasteiger partial charge in [0.2, 0.25) is 0 Å². The Balaban J connectivity index is 1.83. The Kier molecular flexibility index (Phi) is 3.59. The molecule has 0 aromatic carbocycles. The number of aromatic nitrogens is 3. The fourth-order valence-electron chi connectivity index (χ4n) is 1.90. The number of fused-ring (bicyclic) bond motifs is 1. The van der Waals surface area contributed by atoms with Gasteiger partial charge in [-0.3, -0.25) is 4.40 Å². The van der Waals surface area contributed by atoms with Crippen LogP contribution in [0.2, 0.25) is 5.02 Å². The van der Waals surface area contributed by atoms with E-state index in [9.17, 15) is 18.0 Å². The van der Waals surface area contributed by atoms with Gasteiger partial charge in [-0.25, -0.2) is 4.79 Å². The lowest BCUT2D eigenvalue weighted by molar-refractivity contribution is -0.137. The van der Waals surface area contributed by atoms with E-state index in [-0.39, 0.29) is 29.1 Å². The number of alkyl halides is 3. The van der Waals surface area contributed by atoms with E-state index < -0.39 is 17.8 Å². The van der Waals surface area contributed by atoms with Gasteiger partial charge in [0.25, 0.3) is 0 Å². The second-order valence-electron chi connectivity index (χ2n) is 4.99. The zero-order chi connectivity index (χ0) is 15.9. The van der Waals surface area contributed by atoms with Crippen LogP contribution in [0.25, 0.3) is 5.65 Å². The minimum atomic E-state index is -4.53. The molecule has 0 unspecified atom stereocenters. The molecule has 2 N–H and O–H groups in total. The molecular weight excluding hydrogens is 323 g/mol. The van der Waals surface area contributed by atoms with E-state index in [0.717, 1.165) is 29.5 Å². The summed E-state index contributed by atoms with van der Waals surface area (Å²) in [6, 6.07) is 0.585. The van der Waals surface area contributed by atoms with Crippen LogP contribution in [0, 0.1) is 0 Å². The van der Waals surface area contributed by atoms with Gasteiger partial charge in [0, 0.05) is 12.2 Å². The van der Waals surface area contributed by atoms with Gasteiger partial charge in [0.15, 0.2) is 11.5 Å². The quantitative estimate of drug-likeness (QED) is 0.906. The molecule has 0 bridgehead atoms. The number of rotatable bonds is 3. The highest BCUT2D eigenvalue weighted by Crippen LogP contribution is 2.32. The molecule has 0 atom stereocenters. The fraction of sp³-hybridized carbons (Fsp3) is 0.417. The Bertz CT molecular complexity index is 725. The van der Waals surface area contributed by atoms with E-state index in [4.69, 9.17) is 11.6 Å². The Morgan fingerprint density at radius 2 is 2.14 bits per heavy atom. The van der Waals surface area contributed by atoms with Gasteiger partial charge < -0.3 is 10.6 Å². The monoisotopic (exact) mass is 333 g/mol. The highest BCUT2D eigenvalue weighted by atomic mass is 35.5. The van der Waals surface area contributed by atoms with E-state index in [1.165, 1.54) is 0 Å². The molecule has 2 aromatic rings. The molecule has 1 saturated carbocycles. The molecule has 10 heteroatoms. The smallest absolute Gasteiger partial charge is 0.335 e. The van der Waals surface area contributed by atoms with Gasteiger partial charge in [-0.1, -0.05) is 11.6 Å². The van der Waals surface area contributed by atoms with Gasteiger partial charge in [-0.2, -0.15) is 13.2 Å². The van der Waals surface area contributed by atoms with Gasteiger partial charge in [0.1, 0.15) is 0 Å². The normalized spacial score (nSPS) is 15.1. The number of nitrogens with one attached hydrogen (secondary N) is 2. The van der Waals surface area contributed by atoms with Crippen molar-refractivity contribution in [2.45, 2.75) is 31.6 Å². The maximum atomic E-state index is 12.8. The second kappa shape index (κ2) is 5.31. The molecule has 0 saturated heterocycles. The van der Waals surface area contributed by atoms with Crippen molar-refractivity contribution in [3.63, 3.8) is 0 Å². The third-order valence-corrected chi connectivity index (χ3v) is 3.46. The van der Waals surface area contributed by atoms with Crippen molar-refractivity contribution in [1.29, 1.82) is 0 Å². The Morgan fingerprint density at radius 1 is 1.41 bits per heavy atom. The molecule has 3 rings (SSSR count). The number of carbonyl (C=O) groups excluding carboxylic acids is 1. The van der Waals surface area contributed by atoms with Crippen LogP contribution in [0.1, 0.15) is 24.2 Å². The number of pyridine rings is 1. The summed E-state index contributed by atoms with van der Waals surface area (Å²) in [6.45, 7) is -0.0582. The van der Waals surface area contributed by atoms with Crippen LogP contribution in [0.15, 0.2) is 12.3 Å². The SMILES string of the molecule is O=C(NCc1nnc2c(Cl)cc(C(F)(F)F)cn12)NC1CC1. The summed E-state index contributed by atoms with van der Waals surface area (Å²) < 4.78 is 39.5. The van der Waals surface area contributed by atoms with Crippen LogP contribution in [-0.2, 0) is 12.7 Å². The first-order valence-corrected chi connectivity index (χ1v) is 6.87. The summed E-state index contributed by atoms with van der Waals surface area (Å²) in [5.74, 6) is 0.161. The second-order valence-corrected chi connectivity index (χ2v) is 5.39. The number of urea groups is 1. The molecule has 0 radical (unpaired) electrons. The maximum Gasteiger partial charge on any atom is 0.417 e. The summed E-state index contributed by atoms with van der Waals surface area (Å²) in [5, 5.41) is 12.6. The topological polar surface area (TPSA) is 71.3 Å². The van der Waals surface area contributed by atoms with Crippen molar-refractivity contribution in [3.05, 3.63) is 28.7 Å². The van der Waals surface area contributed by atoms with Gasteiger partial charge >= 0.3 is 12.2 Å². The third kappa shape index (κ3) is 3.08. The fourth-order valence-corrected chi connectivity index (χ4v) is 2.14. The van der Waals surface area contributed by atoms with Crippen molar-refractivity contribution >= 4 is 23.3 Å². The standard InChI is InChI=1S/C12H11ClF3N5O/c13-8-3-6(12(14,15)16)5-21-9(19-20-10(8)21)4-17-11(22)18-7-1-2-7/h3,5,7H,1-2,4H2,(H2,17,18,22). The molecule has 1 fully saturated rings. The first kappa shape index (κ1) is 14.9. The van der Waals surface area contributed by atoms with Crippen molar-refractivity contribution < 1.29 is 18.0 Å². The number of amides is 2. The van der Waals surface area contributed by atoms with Crippen LogP contribution in [-0.4, -0.2) is 26.7 Å². The lowest BCUT2D eigenvalue weighted by Crippen LogP contribution is -2.36. The molecule has 0 spiro atoms. The molecular formula is C12H11ClF3N5O. The summed E-state index contributed by atoms with van der Waals surface area (Å²) in [7, 11) is 0. The van der Waals surface area contributed by atoms with Crippen LogP contribution in [0.4, 0.5) is 18.0 Å². The lowest BCUT2D eigenvalue weighted by atomic mass is 10.3. The summed E-state index contributed by atoms with van der Waals surface area (Å²) in [4.78, 5) is 11.5. The zero-order valence-corrected chi connectivity index (χ0v) is 11.9. The highest BCUT2D eigenvalue weighted by Gasteiger charge is 2.32. The van der Waals surface area contributed by atoms with E-state index in [0.29, 0.717) is 0 Å². The van der Waals surface area contributed by atoms with Crippen molar-refractivity contribution in [2.24, 2.45) is 0 Å². The van der Waals surface area contributed by atoms with Crippen molar-refractivity contribution in [3.8, 4) is 0 Å². The number of nitrogens with zero attached hydrogens (tertiary/aromatic N) is 3. The molecule has 22 heavy (non-hydrogen) atoms. The Morgan fingerprint density at radius 3 is 2.77 bits per heavy atom. The van der Waals surface area contributed by atoms with Crippen molar-refractivity contribution in [1.82, 2.24) is 25.2 Å². The average Bonchev–Trinajstić information content (AvgIpc) is 3.13. The van der Waals surface area contributed by atoms with Gasteiger partial charge in [-0.15, -0.1) is 10.2 Å². The van der Waals surface area contributed by atoms with Crippen LogP contribution >= 0.6 is 11.6 Å². The number of hydrogen-bond donors (Lipinski definition) is 2. The number of halogens is 4. The van der Waals surface area contributed by atoms with Crippen LogP contribution in [0.5, 0.6) is 0 Å². The number of carbonyl (C=O) groups is 1. The van der Waals surface area contributed by atoms with E-state index in [1.54, 1.807) is 0 Å². The first-order chi connectivity index (χ1) is 10.3. The van der Waals surface area contributed by atoms with Crippen LogP contribution in [0.3, 0.4) is 0 Å². The predicted octanol–water partition coefficient (Wildman–Crippen LogP) is 2.36. The molecule has 2 heterocycles. The van der Waals surface area contributed by atoms with E-state index >= 15 is 0 Å². The lowest BCUT2D eigenvalue weighted by Gasteiger charge is -2.09. The molecule has 1 aliphatic carbocycles. The molecule has 0 aliphatic heterocycles. The predicted molar refractivity (Wildman–Crippen MR) is 71.4 cm³/mol. The van der Waals surface area contributed by atoms with E-state index in [2.05, 4.69) is 20.8 Å². The van der Waals surface area contributed by atoms with Gasteiger partial charge in [0.05, 0.1) is 17.1 Å².